The smallest absolute Gasteiger partial charge is 0.329 e. The molecule has 1 fully saturated rings. The van der Waals surface area contributed by atoms with Gasteiger partial charge in [0.15, 0.2) is 0 Å². The lowest BCUT2D eigenvalue weighted by atomic mass is 9.95. The molecule has 1 unspecified atom stereocenters. The largest absolute Gasteiger partial charge is 0.391 e. The lowest BCUT2D eigenvalue weighted by molar-refractivity contribution is -0.186. The van der Waals surface area contributed by atoms with Crippen LogP contribution in [0.15, 0.2) is 15.9 Å². The van der Waals surface area contributed by atoms with E-state index in [0.717, 1.165) is 8.66 Å². The number of piperidine rings is 1. The molecule has 1 aliphatic rings. The third-order valence-corrected chi connectivity index (χ3v) is 5.30. The Kier molecular flexibility index (Phi) is 4.92. The number of likely N-dealkylation sites (tertiary alicyclic amines) is 1. The Bertz CT molecular complexity index is 413. The first-order valence-electron chi connectivity index (χ1n) is 6.18. The van der Waals surface area contributed by atoms with E-state index in [9.17, 15) is 13.2 Å². The van der Waals surface area contributed by atoms with E-state index in [0.29, 0.717) is 19.6 Å². The SMILES string of the molecule is NCC(c1ccc(Br)s1)N1CCC(C(F)(F)F)CC1. The average Bonchev–Trinajstić information content (AvgIpc) is 2.76. The zero-order chi connectivity index (χ0) is 14.0. The molecule has 108 valence electrons. The predicted molar refractivity (Wildman–Crippen MR) is 74.2 cm³/mol. The minimum absolute atomic E-state index is 0.0329. The number of halogens is 4. The fourth-order valence-corrected chi connectivity index (χ4v) is 4.06. The normalized spacial score (nSPS) is 20.7. The molecule has 0 aromatic carbocycles. The molecule has 1 aromatic heterocycles. The van der Waals surface area contributed by atoms with Crippen LogP contribution in [0.5, 0.6) is 0 Å². The summed E-state index contributed by atoms with van der Waals surface area (Å²) < 4.78 is 38.9. The Labute approximate surface area is 122 Å². The maximum atomic E-state index is 12.6. The third-order valence-electron chi connectivity index (χ3n) is 3.58. The Hall–Kier alpha value is -0.110. The van der Waals surface area contributed by atoms with Gasteiger partial charge in [-0.15, -0.1) is 11.3 Å². The van der Waals surface area contributed by atoms with E-state index >= 15 is 0 Å². The molecule has 0 saturated carbocycles. The molecule has 1 aromatic rings. The highest BCUT2D eigenvalue weighted by Gasteiger charge is 2.41. The van der Waals surface area contributed by atoms with Crippen LogP contribution in [-0.2, 0) is 0 Å². The quantitative estimate of drug-likeness (QED) is 0.892. The zero-order valence-electron chi connectivity index (χ0n) is 10.3. The van der Waals surface area contributed by atoms with Gasteiger partial charge in [0.05, 0.1) is 15.7 Å². The second-order valence-electron chi connectivity index (χ2n) is 4.75. The van der Waals surface area contributed by atoms with Gasteiger partial charge in [-0.3, -0.25) is 4.90 Å². The molecule has 0 bridgehead atoms. The minimum Gasteiger partial charge on any atom is -0.329 e. The fraction of sp³-hybridized carbons (Fsp3) is 0.667. The Balaban J connectivity index is 1.99. The van der Waals surface area contributed by atoms with Crippen molar-refractivity contribution in [2.45, 2.75) is 25.1 Å². The molecule has 1 aliphatic heterocycles. The number of rotatable bonds is 3. The lowest BCUT2D eigenvalue weighted by Gasteiger charge is -2.37. The summed E-state index contributed by atoms with van der Waals surface area (Å²) in [7, 11) is 0. The van der Waals surface area contributed by atoms with E-state index in [1.165, 1.54) is 0 Å². The molecule has 19 heavy (non-hydrogen) atoms. The van der Waals surface area contributed by atoms with Gasteiger partial charge in [-0.1, -0.05) is 0 Å². The van der Waals surface area contributed by atoms with E-state index in [1.807, 2.05) is 12.1 Å². The van der Waals surface area contributed by atoms with Crippen LogP contribution in [0.3, 0.4) is 0 Å². The first kappa shape index (κ1) is 15.3. The Morgan fingerprint density at radius 2 is 2.00 bits per heavy atom. The summed E-state index contributed by atoms with van der Waals surface area (Å²) in [5, 5.41) is 0. The highest BCUT2D eigenvalue weighted by atomic mass is 79.9. The van der Waals surface area contributed by atoms with E-state index in [4.69, 9.17) is 5.73 Å². The molecule has 0 amide bonds. The van der Waals surface area contributed by atoms with Gasteiger partial charge in [0.2, 0.25) is 0 Å². The molecular formula is C12H16BrF3N2S. The summed E-state index contributed by atoms with van der Waals surface area (Å²) >= 11 is 4.99. The van der Waals surface area contributed by atoms with Gasteiger partial charge in [-0.05, 0) is 54.0 Å². The molecule has 7 heteroatoms. The second kappa shape index (κ2) is 6.11. The summed E-state index contributed by atoms with van der Waals surface area (Å²) in [6.45, 7) is 1.35. The monoisotopic (exact) mass is 356 g/mol. The van der Waals surface area contributed by atoms with Crippen molar-refractivity contribution in [3.63, 3.8) is 0 Å². The summed E-state index contributed by atoms with van der Waals surface area (Å²) in [4.78, 5) is 3.18. The van der Waals surface area contributed by atoms with Gasteiger partial charge in [-0.25, -0.2) is 0 Å². The topological polar surface area (TPSA) is 29.3 Å². The average molecular weight is 357 g/mol. The summed E-state index contributed by atoms with van der Waals surface area (Å²) in [5.74, 6) is -1.16. The maximum absolute atomic E-state index is 12.6. The molecule has 2 nitrogen and oxygen atoms in total. The van der Waals surface area contributed by atoms with Crippen LogP contribution in [0.2, 0.25) is 0 Å². The number of alkyl halides is 3. The molecular weight excluding hydrogens is 341 g/mol. The van der Waals surface area contributed by atoms with Crippen molar-refractivity contribution < 1.29 is 13.2 Å². The molecule has 0 spiro atoms. The second-order valence-corrected chi connectivity index (χ2v) is 7.24. The van der Waals surface area contributed by atoms with Crippen LogP contribution < -0.4 is 5.73 Å². The zero-order valence-corrected chi connectivity index (χ0v) is 12.7. The van der Waals surface area contributed by atoms with Crippen LogP contribution in [0.1, 0.15) is 23.8 Å². The highest BCUT2D eigenvalue weighted by molar-refractivity contribution is 9.11. The third kappa shape index (κ3) is 3.71. The van der Waals surface area contributed by atoms with Crippen molar-refractivity contribution in [1.29, 1.82) is 0 Å². The molecule has 0 radical (unpaired) electrons. The van der Waals surface area contributed by atoms with Crippen molar-refractivity contribution in [3.8, 4) is 0 Å². The predicted octanol–water partition coefficient (Wildman–Crippen LogP) is 3.78. The molecule has 2 heterocycles. The van der Waals surface area contributed by atoms with E-state index in [1.54, 1.807) is 11.3 Å². The molecule has 0 aliphatic carbocycles. The van der Waals surface area contributed by atoms with Crippen LogP contribution >= 0.6 is 27.3 Å². The lowest BCUT2D eigenvalue weighted by Crippen LogP contribution is -2.42. The van der Waals surface area contributed by atoms with Gasteiger partial charge in [0, 0.05) is 11.4 Å². The van der Waals surface area contributed by atoms with E-state index < -0.39 is 12.1 Å². The van der Waals surface area contributed by atoms with Crippen molar-refractivity contribution in [3.05, 3.63) is 20.8 Å². The molecule has 1 atom stereocenters. The number of hydrogen-bond acceptors (Lipinski definition) is 3. The van der Waals surface area contributed by atoms with Gasteiger partial charge in [0.1, 0.15) is 0 Å². The number of nitrogens with zero attached hydrogens (tertiary/aromatic N) is 1. The van der Waals surface area contributed by atoms with Crippen LogP contribution in [0.25, 0.3) is 0 Å². The maximum Gasteiger partial charge on any atom is 0.391 e. The van der Waals surface area contributed by atoms with E-state index in [-0.39, 0.29) is 18.9 Å². The minimum atomic E-state index is -4.06. The first-order chi connectivity index (χ1) is 8.91. The molecule has 1 saturated heterocycles. The Morgan fingerprint density at radius 1 is 1.37 bits per heavy atom. The van der Waals surface area contributed by atoms with Crippen LogP contribution in [-0.4, -0.2) is 30.7 Å². The van der Waals surface area contributed by atoms with Crippen molar-refractivity contribution in [1.82, 2.24) is 4.90 Å². The van der Waals surface area contributed by atoms with Crippen molar-refractivity contribution in [2.75, 3.05) is 19.6 Å². The van der Waals surface area contributed by atoms with Gasteiger partial charge in [0.25, 0.3) is 0 Å². The number of nitrogens with two attached hydrogens (primary N) is 1. The van der Waals surface area contributed by atoms with Gasteiger partial charge < -0.3 is 5.73 Å². The van der Waals surface area contributed by atoms with Gasteiger partial charge >= 0.3 is 6.18 Å². The summed E-state index contributed by atoms with van der Waals surface area (Å²) in [6.07, 6.45) is -3.71. The number of hydrogen-bond donors (Lipinski definition) is 1. The van der Waals surface area contributed by atoms with Crippen LogP contribution in [0, 0.1) is 5.92 Å². The van der Waals surface area contributed by atoms with Crippen molar-refractivity contribution >= 4 is 27.3 Å². The van der Waals surface area contributed by atoms with Gasteiger partial charge in [-0.2, -0.15) is 13.2 Å². The fourth-order valence-electron chi connectivity index (χ4n) is 2.49. The van der Waals surface area contributed by atoms with Crippen LogP contribution in [0.4, 0.5) is 13.2 Å². The summed E-state index contributed by atoms with van der Waals surface area (Å²) in [6, 6.07) is 3.97. The van der Waals surface area contributed by atoms with E-state index in [2.05, 4.69) is 20.8 Å². The standard InChI is InChI=1S/C12H16BrF3N2S/c13-11-2-1-10(19-11)9(7-17)18-5-3-8(4-6-18)12(14,15)16/h1-2,8-9H,3-7,17H2. The number of thiophene rings is 1. The molecule has 2 N–H and O–H groups in total. The highest BCUT2D eigenvalue weighted by Crippen LogP contribution is 2.37. The summed E-state index contributed by atoms with van der Waals surface area (Å²) in [5.41, 5.74) is 5.79. The Morgan fingerprint density at radius 3 is 2.42 bits per heavy atom. The first-order valence-corrected chi connectivity index (χ1v) is 7.79. The molecule has 2 rings (SSSR count). The van der Waals surface area contributed by atoms with Crippen molar-refractivity contribution in [2.24, 2.45) is 11.7 Å².